The number of carbonyl (C=O) groups excluding carboxylic acids is 2. The molecule has 0 aliphatic carbocycles. The number of benzene rings is 3. The molecule has 5 rings (SSSR count). The van der Waals surface area contributed by atoms with Crippen molar-refractivity contribution in [3.63, 3.8) is 0 Å². The van der Waals surface area contributed by atoms with Crippen LogP contribution < -0.4 is 5.32 Å². The molecule has 230 valence electrons. The number of esters is 1. The Labute approximate surface area is 256 Å². The van der Waals surface area contributed by atoms with Crippen LogP contribution in [-0.2, 0) is 27.2 Å². The van der Waals surface area contributed by atoms with Crippen LogP contribution in [0.15, 0.2) is 71.3 Å². The monoisotopic (exact) mass is 599 g/mol. The maximum atomic E-state index is 13.8. The minimum absolute atomic E-state index is 0.0467. The molecule has 4 aromatic rings. The van der Waals surface area contributed by atoms with E-state index in [1.807, 2.05) is 68.4 Å². The lowest BCUT2D eigenvalue weighted by Gasteiger charge is -2.26. The van der Waals surface area contributed by atoms with E-state index in [1.165, 1.54) is 13.2 Å². The number of hydrogen-bond donors (Lipinski definition) is 3. The molecule has 1 aliphatic heterocycles. The molecule has 1 saturated heterocycles. The Kier molecular flexibility index (Phi) is 9.62. The number of methoxy groups -OCH3 is 1. The van der Waals surface area contributed by atoms with E-state index in [2.05, 4.69) is 15.4 Å². The molecule has 0 spiro atoms. The molecular weight excluding hydrogens is 562 g/mol. The average Bonchev–Trinajstić information content (AvgIpc) is 3.46. The van der Waals surface area contributed by atoms with Crippen LogP contribution in [0.25, 0.3) is 22.5 Å². The minimum Gasteiger partial charge on any atom is -0.508 e. The number of hydrogen-bond acceptors (Lipinski definition) is 9. The van der Waals surface area contributed by atoms with Gasteiger partial charge >= 0.3 is 5.97 Å². The Bertz CT molecular complexity index is 1590. The SMILES string of the molecule is COC(=O)[C@@H](Cc1ccccc1)NC(=O)c1noc(-c2cc(C(C)C)c(O)cc2O)c1-c1ccc(CN2CCOCC2)cc1. The van der Waals surface area contributed by atoms with Gasteiger partial charge in [0.2, 0.25) is 0 Å². The lowest BCUT2D eigenvalue weighted by molar-refractivity contribution is -0.142. The summed E-state index contributed by atoms with van der Waals surface area (Å²) in [5.74, 6) is -1.40. The van der Waals surface area contributed by atoms with Crippen LogP contribution >= 0.6 is 0 Å². The fourth-order valence-electron chi connectivity index (χ4n) is 5.34. The van der Waals surface area contributed by atoms with Gasteiger partial charge in [0.1, 0.15) is 17.5 Å². The zero-order valence-electron chi connectivity index (χ0n) is 25.1. The van der Waals surface area contributed by atoms with Crippen molar-refractivity contribution >= 4 is 11.9 Å². The lowest BCUT2D eigenvalue weighted by atomic mass is 9.93. The number of morpholine rings is 1. The van der Waals surface area contributed by atoms with E-state index in [-0.39, 0.29) is 40.9 Å². The third-order valence-corrected chi connectivity index (χ3v) is 7.74. The maximum absolute atomic E-state index is 13.8. The smallest absolute Gasteiger partial charge is 0.328 e. The first-order chi connectivity index (χ1) is 21.2. The summed E-state index contributed by atoms with van der Waals surface area (Å²) in [6, 6.07) is 18.9. The van der Waals surface area contributed by atoms with Gasteiger partial charge in [0.05, 0.1) is 31.5 Å². The number of ether oxygens (including phenoxy) is 2. The van der Waals surface area contributed by atoms with Crippen molar-refractivity contribution in [2.45, 2.75) is 38.8 Å². The normalized spacial score (nSPS) is 14.4. The summed E-state index contributed by atoms with van der Waals surface area (Å²) in [5, 5.41) is 28.2. The van der Waals surface area contributed by atoms with E-state index in [4.69, 9.17) is 14.0 Å². The largest absolute Gasteiger partial charge is 0.508 e. The van der Waals surface area contributed by atoms with Gasteiger partial charge in [-0.25, -0.2) is 4.79 Å². The van der Waals surface area contributed by atoms with Crippen molar-refractivity contribution in [2.24, 2.45) is 0 Å². The predicted molar refractivity (Wildman–Crippen MR) is 164 cm³/mol. The molecular formula is C34H37N3O7. The summed E-state index contributed by atoms with van der Waals surface area (Å²) in [7, 11) is 1.27. The summed E-state index contributed by atoms with van der Waals surface area (Å²) >= 11 is 0. The van der Waals surface area contributed by atoms with E-state index in [1.54, 1.807) is 6.07 Å². The van der Waals surface area contributed by atoms with E-state index in [0.717, 1.165) is 30.8 Å². The number of phenols is 2. The van der Waals surface area contributed by atoms with Crippen LogP contribution in [-0.4, -0.2) is 71.6 Å². The van der Waals surface area contributed by atoms with Crippen LogP contribution in [0.1, 0.15) is 46.9 Å². The zero-order valence-corrected chi connectivity index (χ0v) is 25.1. The van der Waals surface area contributed by atoms with Crippen molar-refractivity contribution in [2.75, 3.05) is 33.4 Å². The summed E-state index contributed by atoms with van der Waals surface area (Å²) in [6.07, 6.45) is 0.214. The van der Waals surface area contributed by atoms with Gasteiger partial charge < -0.3 is 29.5 Å². The minimum atomic E-state index is -0.978. The van der Waals surface area contributed by atoms with Crippen LogP contribution in [0.4, 0.5) is 0 Å². The molecule has 1 atom stereocenters. The van der Waals surface area contributed by atoms with Crippen molar-refractivity contribution < 1.29 is 33.8 Å². The number of aromatic nitrogens is 1. The molecule has 1 aliphatic rings. The number of nitrogens with zero attached hydrogens (tertiary/aromatic N) is 2. The lowest BCUT2D eigenvalue weighted by Crippen LogP contribution is -2.43. The fraction of sp³-hybridized carbons (Fsp3) is 0.324. The third-order valence-electron chi connectivity index (χ3n) is 7.74. The molecule has 3 N–H and O–H groups in total. The molecule has 3 aromatic carbocycles. The van der Waals surface area contributed by atoms with Crippen LogP contribution in [0, 0.1) is 0 Å². The first-order valence-electron chi connectivity index (χ1n) is 14.6. The van der Waals surface area contributed by atoms with Crippen LogP contribution in [0.5, 0.6) is 11.5 Å². The van der Waals surface area contributed by atoms with Gasteiger partial charge in [-0.3, -0.25) is 9.69 Å². The molecule has 1 aromatic heterocycles. The standard InChI is InChI=1S/C34H37N3O7/c1-21(2)25-18-26(29(39)19-28(25)38)32-30(24-11-9-23(10-12-24)20-37-13-15-43-16-14-37)31(36-44-32)33(40)35-27(34(41)42-3)17-22-7-5-4-6-8-22/h4-12,18-19,21,27,38-39H,13-17,20H2,1-3H3,(H,35,40)/t27-/m1/s1. The highest BCUT2D eigenvalue weighted by Gasteiger charge is 2.30. The molecule has 2 heterocycles. The van der Waals surface area contributed by atoms with Gasteiger partial charge in [-0.05, 0) is 34.2 Å². The van der Waals surface area contributed by atoms with Gasteiger partial charge in [-0.15, -0.1) is 0 Å². The van der Waals surface area contributed by atoms with Crippen molar-refractivity contribution in [1.82, 2.24) is 15.4 Å². The van der Waals surface area contributed by atoms with Crippen molar-refractivity contribution in [3.05, 3.63) is 89.1 Å². The topological polar surface area (TPSA) is 134 Å². The third kappa shape index (κ3) is 6.93. The fourth-order valence-corrected chi connectivity index (χ4v) is 5.34. The number of carbonyl (C=O) groups is 2. The van der Waals surface area contributed by atoms with Crippen molar-refractivity contribution in [1.29, 1.82) is 0 Å². The van der Waals surface area contributed by atoms with Gasteiger partial charge in [0.15, 0.2) is 11.5 Å². The number of amides is 1. The first kappa shape index (κ1) is 30.8. The van der Waals surface area contributed by atoms with E-state index in [9.17, 15) is 19.8 Å². The Morgan fingerprint density at radius 3 is 2.34 bits per heavy atom. The molecule has 0 saturated carbocycles. The van der Waals surface area contributed by atoms with E-state index < -0.39 is 17.9 Å². The zero-order chi connectivity index (χ0) is 31.2. The molecule has 1 amide bonds. The summed E-state index contributed by atoms with van der Waals surface area (Å²) in [6.45, 7) is 7.70. The quantitative estimate of drug-likeness (QED) is 0.218. The molecule has 0 radical (unpaired) electrons. The van der Waals surface area contributed by atoms with Crippen LogP contribution in [0.3, 0.4) is 0 Å². The summed E-state index contributed by atoms with van der Waals surface area (Å²) in [5.41, 5.74) is 3.73. The van der Waals surface area contributed by atoms with Gasteiger partial charge in [-0.2, -0.15) is 0 Å². The average molecular weight is 600 g/mol. The van der Waals surface area contributed by atoms with E-state index >= 15 is 0 Å². The summed E-state index contributed by atoms with van der Waals surface area (Å²) < 4.78 is 16.2. The Balaban J connectivity index is 1.54. The molecule has 10 heteroatoms. The summed E-state index contributed by atoms with van der Waals surface area (Å²) in [4.78, 5) is 28.8. The highest BCUT2D eigenvalue weighted by Crippen LogP contribution is 2.43. The van der Waals surface area contributed by atoms with Gasteiger partial charge in [0, 0.05) is 32.1 Å². The molecule has 10 nitrogen and oxygen atoms in total. The first-order valence-corrected chi connectivity index (χ1v) is 14.6. The van der Waals surface area contributed by atoms with Gasteiger partial charge in [0.25, 0.3) is 5.91 Å². The number of nitrogens with one attached hydrogen (secondary N) is 1. The molecule has 44 heavy (non-hydrogen) atoms. The highest BCUT2D eigenvalue weighted by atomic mass is 16.5. The van der Waals surface area contributed by atoms with Crippen molar-refractivity contribution in [3.8, 4) is 33.9 Å². The Morgan fingerprint density at radius 2 is 1.68 bits per heavy atom. The Hall–Kier alpha value is -4.67. The molecule has 1 fully saturated rings. The van der Waals surface area contributed by atoms with E-state index in [0.29, 0.717) is 29.9 Å². The number of rotatable bonds is 10. The molecule has 0 bridgehead atoms. The van der Waals surface area contributed by atoms with Gasteiger partial charge in [-0.1, -0.05) is 73.6 Å². The number of aromatic hydroxyl groups is 2. The van der Waals surface area contributed by atoms with Crippen LogP contribution in [0.2, 0.25) is 0 Å². The second-order valence-corrected chi connectivity index (χ2v) is 11.1. The second-order valence-electron chi connectivity index (χ2n) is 11.1. The molecule has 0 unspecified atom stereocenters. The Morgan fingerprint density at radius 1 is 0.977 bits per heavy atom. The second kappa shape index (κ2) is 13.7. The predicted octanol–water partition coefficient (Wildman–Crippen LogP) is 4.89. The highest BCUT2D eigenvalue weighted by molar-refractivity contribution is 6.04. The number of phenolic OH excluding ortho intramolecular Hbond substituents is 2. The maximum Gasteiger partial charge on any atom is 0.328 e.